The molecule has 0 saturated heterocycles. The molecule has 1 heterocycles. The first kappa shape index (κ1) is 11.7. The molecule has 1 unspecified atom stereocenters. The Bertz CT molecular complexity index is 499. The summed E-state index contributed by atoms with van der Waals surface area (Å²) < 4.78 is 27.0. The zero-order valence-corrected chi connectivity index (χ0v) is 10.5. The van der Waals surface area contributed by atoms with E-state index in [1.807, 2.05) is 10.8 Å². The van der Waals surface area contributed by atoms with Gasteiger partial charge >= 0.3 is 0 Å². The van der Waals surface area contributed by atoms with E-state index in [1.165, 1.54) is 11.3 Å². The second-order valence-electron chi connectivity index (χ2n) is 3.32. The highest BCUT2D eigenvalue weighted by molar-refractivity contribution is 9.10. The van der Waals surface area contributed by atoms with Crippen molar-refractivity contribution in [2.24, 2.45) is 5.73 Å². The predicted molar refractivity (Wildman–Crippen MR) is 64.4 cm³/mol. The summed E-state index contributed by atoms with van der Waals surface area (Å²) in [6.45, 7) is 0. The topological polar surface area (TPSA) is 26.0 Å². The van der Waals surface area contributed by atoms with Gasteiger partial charge < -0.3 is 5.73 Å². The Labute approximate surface area is 104 Å². The molecule has 0 spiro atoms. The van der Waals surface area contributed by atoms with Gasteiger partial charge in [0.15, 0.2) is 0 Å². The fourth-order valence-electron chi connectivity index (χ4n) is 1.41. The van der Waals surface area contributed by atoms with Gasteiger partial charge in [0.2, 0.25) is 0 Å². The molecule has 1 aromatic carbocycles. The molecule has 0 fully saturated rings. The second kappa shape index (κ2) is 4.61. The Hall–Kier alpha value is -0.780. The Morgan fingerprint density at radius 1 is 1.25 bits per heavy atom. The number of halogens is 3. The van der Waals surface area contributed by atoms with Gasteiger partial charge in [-0.2, -0.15) is 11.3 Å². The quantitative estimate of drug-likeness (QED) is 0.838. The minimum absolute atomic E-state index is 0.103. The lowest BCUT2D eigenvalue weighted by Crippen LogP contribution is -2.13. The molecule has 1 aromatic heterocycles. The van der Waals surface area contributed by atoms with Crippen LogP contribution in [-0.2, 0) is 0 Å². The van der Waals surface area contributed by atoms with Crippen LogP contribution >= 0.6 is 27.3 Å². The molecule has 0 bridgehead atoms. The van der Waals surface area contributed by atoms with Gasteiger partial charge in [-0.3, -0.25) is 0 Å². The average molecular weight is 304 g/mol. The van der Waals surface area contributed by atoms with Crippen LogP contribution in [0.25, 0.3) is 0 Å². The van der Waals surface area contributed by atoms with Gasteiger partial charge in [-0.15, -0.1) is 0 Å². The summed E-state index contributed by atoms with van der Waals surface area (Å²) >= 11 is 4.39. The molecular weight excluding hydrogens is 296 g/mol. The lowest BCUT2D eigenvalue weighted by molar-refractivity contribution is 0.572. The van der Waals surface area contributed by atoms with Gasteiger partial charge in [-0.05, 0) is 50.5 Å². The number of nitrogens with two attached hydrogens (primary N) is 1. The van der Waals surface area contributed by atoms with E-state index in [-0.39, 0.29) is 10.0 Å². The first-order valence-electron chi connectivity index (χ1n) is 4.51. The zero-order chi connectivity index (χ0) is 11.7. The monoisotopic (exact) mass is 303 g/mol. The van der Waals surface area contributed by atoms with Crippen molar-refractivity contribution >= 4 is 27.3 Å². The highest BCUT2D eigenvalue weighted by atomic mass is 79.9. The second-order valence-corrected chi connectivity index (χ2v) is 4.96. The lowest BCUT2D eigenvalue weighted by Gasteiger charge is -2.12. The van der Waals surface area contributed by atoms with Crippen molar-refractivity contribution in [1.29, 1.82) is 0 Å². The van der Waals surface area contributed by atoms with Gasteiger partial charge in [0.05, 0.1) is 10.5 Å². The maximum absolute atomic E-state index is 13.6. The van der Waals surface area contributed by atoms with Crippen LogP contribution in [0.1, 0.15) is 17.2 Å². The third-order valence-corrected chi connectivity index (χ3v) is 3.59. The number of hydrogen-bond acceptors (Lipinski definition) is 2. The van der Waals surface area contributed by atoms with E-state index >= 15 is 0 Å². The molecule has 0 radical (unpaired) electrons. The fraction of sp³-hybridized carbons (Fsp3) is 0.0909. The van der Waals surface area contributed by atoms with Gasteiger partial charge in [-0.25, -0.2) is 8.78 Å². The summed E-state index contributed by atoms with van der Waals surface area (Å²) in [5.74, 6) is -1.02. The molecule has 0 aliphatic rings. The fourth-order valence-corrected chi connectivity index (χ4v) is 2.42. The van der Waals surface area contributed by atoms with E-state index in [9.17, 15) is 8.78 Å². The number of thiophene rings is 1. The number of benzene rings is 1. The number of hydrogen-bond donors (Lipinski definition) is 1. The van der Waals surface area contributed by atoms with Crippen molar-refractivity contribution in [2.45, 2.75) is 6.04 Å². The summed E-state index contributed by atoms with van der Waals surface area (Å²) in [5.41, 5.74) is 6.81. The molecule has 5 heteroatoms. The summed E-state index contributed by atoms with van der Waals surface area (Å²) in [4.78, 5) is 0. The van der Waals surface area contributed by atoms with Crippen molar-refractivity contribution in [2.75, 3.05) is 0 Å². The molecule has 0 aliphatic heterocycles. The van der Waals surface area contributed by atoms with E-state index < -0.39 is 17.7 Å². The van der Waals surface area contributed by atoms with Gasteiger partial charge in [0, 0.05) is 5.56 Å². The Kier molecular flexibility index (Phi) is 3.37. The molecule has 1 atom stereocenters. The maximum atomic E-state index is 13.6. The minimum atomic E-state index is -0.631. The van der Waals surface area contributed by atoms with Crippen LogP contribution in [0.5, 0.6) is 0 Å². The van der Waals surface area contributed by atoms with Gasteiger partial charge in [0.1, 0.15) is 11.6 Å². The van der Waals surface area contributed by atoms with Crippen LogP contribution in [0.15, 0.2) is 33.4 Å². The normalized spacial score (nSPS) is 12.8. The van der Waals surface area contributed by atoms with E-state index in [0.29, 0.717) is 0 Å². The van der Waals surface area contributed by atoms with Crippen molar-refractivity contribution in [1.82, 2.24) is 0 Å². The Morgan fingerprint density at radius 3 is 2.62 bits per heavy atom. The summed E-state index contributed by atoms with van der Waals surface area (Å²) in [6.07, 6.45) is 0. The summed E-state index contributed by atoms with van der Waals surface area (Å²) in [6, 6.07) is 3.39. The van der Waals surface area contributed by atoms with E-state index in [2.05, 4.69) is 15.9 Å². The Morgan fingerprint density at radius 2 is 2.00 bits per heavy atom. The molecule has 2 N–H and O–H groups in total. The lowest BCUT2D eigenvalue weighted by atomic mass is 10.0. The van der Waals surface area contributed by atoms with Crippen molar-refractivity contribution in [3.63, 3.8) is 0 Å². The first-order chi connectivity index (χ1) is 7.59. The summed E-state index contributed by atoms with van der Waals surface area (Å²) in [7, 11) is 0. The van der Waals surface area contributed by atoms with Crippen LogP contribution in [-0.4, -0.2) is 0 Å². The van der Waals surface area contributed by atoms with Crippen molar-refractivity contribution < 1.29 is 8.78 Å². The van der Waals surface area contributed by atoms with Crippen LogP contribution in [0.2, 0.25) is 0 Å². The maximum Gasteiger partial charge on any atom is 0.137 e. The van der Waals surface area contributed by atoms with Crippen LogP contribution in [0.4, 0.5) is 8.78 Å². The van der Waals surface area contributed by atoms with Crippen molar-refractivity contribution in [3.8, 4) is 0 Å². The van der Waals surface area contributed by atoms with E-state index in [1.54, 1.807) is 6.07 Å². The zero-order valence-electron chi connectivity index (χ0n) is 8.08. The first-order valence-corrected chi connectivity index (χ1v) is 6.25. The molecular formula is C11H8BrF2NS. The summed E-state index contributed by atoms with van der Waals surface area (Å²) in [5, 5.41) is 3.67. The van der Waals surface area contributed by atoms with Gasteiger partial charge in [-0.1, -0.05) is 0 Å². The predicted octanol–water partition coefficient (Wildman–Crippen LogP) is 3.84. The molecule has 1 nitrogen and oxygen atoms in total. The van der Waals surface area contributed by atoms with Gasteiger partial charge in [0.25, 0.3) is 0 Å². The molecule has 0 aliphatic carbocycles. The highest BCUT2D eigenvalue weighted by Crippen LogP contribution is 2.27. The molecule has 0 saturated carbocycles. The van der Waals surface area contributed by atoms with Crippen LogP contribution in [0, 0.1) is 11.6 Å². The average Bonchev–Trinajstić information content (AvgIpc) is 2.75. The Balaban J connectivity index is 2.44. The minimum Gasteiger partial charge on any atom is -0.320 e. The van der Waals surface area contributed by atoms with Crippen LogP contribution in [0.3, 0.4) is 0 Å². The molecule has 16 heavy (non-hydrogen) atoms. The number of rotatable bonds is 2. The third-order valence-electron chi connectivity index (χ3n) is 2.28. The largest absolute Gasteiger partial charge is 0.320 e. The molecule has 2 aromatic rings. The SMILES string of the molecule is NC(c1ccsc1)c1cc(F)c(Br)cc1F. The highest BCUT2D eigenvalue weighted by Gasteiger charge is 2.16. The molecule has 84 valence electrons. The van der Waals surface area contributed by atoms with E-state index in [0.717, 1.165) is 17.7 Å². The van der Waals surface area contributed by atoms with Crippen molar-refractivity contribution in [3.05, 3.63) is 56.2 Å². The smallest absolute Gasteiger partial charge is 0.137 e. The molecule has 2 rings (SSSR count). The van der Waals surface area contributed by atoms with Crippen LogP contribution < -0.4 is 5.73 Å². The third kappa shape index (κ3) is 2.16. The molecule has 0 amide bonds. The van der Waals surface area contributed by atoms with E-state index in [4.69, 9.17) is 5.73 Å². The standard InChI is InChI=1S/C11H8BrF2NS/c12-8-4-9(13)7(3-10(8)14)11(15)6-1-2-16-5-6/h1-5,11H,15H2.